The summed E-state index contributed by atoms with van der Waals surface area (Å²) in [6, 6.07) is 0. The second kappa shape index (κ2) is 5.02. The number of carbonyl (C=O) groups is 1. The molecule has 1 rings (SSSR count). The number of hydrogen-bond acceptors (Lipinski definition) is 4. The van der Waals surface area contributed by atoms with Gasteiger partial charge in [0.15, 0.2) is 0 Å². The van der Waals surface area contributed by atoms with Crippen molar-refractivity contribution in [1.29, 1.82) is 0 Å². The summed E-state index contributed by atoms with van der Waals surface area (Å²) >= 11 is 1.14. The molecule has 0 bridgehead atoms. The molecule has 0 saturated heterocycles. The van der Waals surface area contributed by atoms with Crippen molar-refractivity contribution in [3.8, 4) is 0 Å². The zero-order valence-electron chi connectivity index (χ0n) is 7.53. The van der Waals surface area contributed by atoms with E-state index in [4.69, 9.17) is 5.11 Å². The third-order valence-corrected chi connectivity index (χ3v) is 2.18. The summed E-state index contributed by atoms with van der Waals surface area (Å²) in [5.74, 6) is -1.08. The minimum Gasteiger partial charge on any atom is -0.478 e. The van der Waals surface area contributed by atoms with Gasteiger partial charge in [-0.1, -0.05) is 0 Å². The lowest BCUT2D eigenvalue weighted by atomic mass is 10.2. The Morgan fingerprint density at radius 3 is 2.57 bits per heavy atom. The Hall–Kier alpha value is -1.01. The normalized spacial score (nSPS) is 9.29. The Bertz CT molecular complexity index is 404. The van der Waals surface area contributed by atoms with Crippen LogP contribution >= 0.6 is 24.2 Å². The van der Waals surface area contributed by atoms with Gasteiger partial charge < -0.3 is 10.1 Å². The number of thioether (sulfide) groups is 1. The number of aromatic amines is 1. The summed E-state index contributed by atoms with van der Waals surface area (Å²) < 4.78 is 0. The summed E-state index contributed by atoms with van der Waals surface area (Å²) in [6.07, 6.45) is 1.67. The van der Waals surface area contributed by atoms with Gasteiger partial charge in [-0.15, -0.1) is 24.2 Å². The van der Waals surface area contributed by atoms with E-state index >= 15 is 0 Å². The van der Waals surface area contributed by atoms with Gasteiger partial charge in [0.1, 0.15) is 10.6 Å². The zero-order valence-corrected chi connectivity index (χ0v) is 9.16. The van der Waals surface area contributed by atoms with Crippen LogP contribution in [0.4, 0.5) is 0 Å². The summed E-state index contributed by atoms with van der Waals surface area (Å²) in [5, 5.41) is 9.04. The number of aromatic carboxylic acids is 1. The van der Waals surface area contributed by atoms with Crippen molar-refractivity contribution >= 4 is 30.1 Å². The summed E-state index contributed by atoms with van der Waals surface area (Å²) in [5.41, 5.74) is -0.129. The number of rotatable bonds is 2. The Morgan fingerprint density at radius 1 is 1.57 bits per heavy atom. The molecule has 1 heterocycles. The number of aromatic nitrogens is 2. The number of nitrogens with one attached hydrogen (secondary N) is 1. The highest BCUT2D eigenvalue weighted by Crippen LogP contribution is 2.17. The monoisotopic (exact) mass is 236 g/mol. The van der Waals surface area contributed by atoms with Gasteiger partial charge in [-0.25, -0.2) is 9.59 Å². The molecule has 0 spiro atoms. The van der Waals surface area contributed by atoms with Crippen LogP contribution in [0.3, 0.4) is 0 Å². The Morgan fingerprint density at radius 2 is 2.14 bits per heavy atom. The molecule has 7 heteroatoms. The summed E-state index contributed by atoms with van der Waals surface area (Å²) in [4.78, 5) is 27.5. The van der Waals surface area contributed by atoms with E-state index in [1.807, 2.05) is 0 Å². The fourth-order valence-electron chi connectivity index (χ4n) is 0.959. The lowest BCUT2D eigenvalue weighted by molar-refractivity contribution is 0.0690. The van der Waals surface area contributed by atoms with Gasteiger partial charge >= 0.3 is 11.7 Å². The summed E-state index contributed by atoms with van der Waals surface area (Å²) in [6.45, 7) is 1.53. The van der Waals surface area contributed by atoms with Crippen LogP contribution < -0.4 is 5.69 Å². The molecule has 2 N–H and O–H groups in total. The Labute approximate surface area is 90.4 Å². The largest absolute Gasteiger partial charge is 0.478 e. The number of carboxylic acids is 1. The molecule has 0 aliphatic heterocycles. The Balaban J connectivity index is 0.00000169. The SMILES string of the molecule is CSc1nc(=O)[nH]c(C)c1C(=O)O.Cl. The molecule has 0 fully saturated rings. The molecular formula is C7H9ClN2O3S. The number of nitrogens with zero attached hydrogens (tertiary/aromatic N) is 1. The van der Waals surface area contributed by atoms with Crippen molar-refractivity contribution in [2.45, 2.75) is 11.9 Å². The second-order valence-electron chi connectivity index (χ2n) is 2.36. The van der Waals surface area contributed by atoms with Crippen molar-refractivity contribution < 1.29 is 9.90 Å². The standard InChI is InChI=1S/C7H8N2O3S.ClH/c1-3-4(6(10)11)5(13-2)9-7(12)8-3;/h1-2H3,(H,10,11)(H,8,9,12);1H. The molecule has 0 atom stereocenters. The lowest BCUT2D eigenvalue weighted by Gasteiger charge is -2.03. The highest BCUT2D eigenvalue weighted by Gasteiger charge is 2.15. The van der Waals surface area contributed by atoms with Crippen LogP contribution in [0.5, 0.6) is 0 Å². The quantitative estimate of drug-likeness (QED) is 0.589. The first-order valence-corrected chi connectivity index (χ1v) is 4.67. The van der Waals surface area contributed by atoms with Gasteiger partial charge in [0, 0.05) is 5.69 Å². The maximum absolute atomic E-state index is 10.9. The smallest absolute Gasteiger partial charge is 0.346 e. The van der Waals surface area contributed by atoms with Crippen molar-refractivity contribution in [3.05, 3.63) is 21.7 Å². The van der Waals surface area contributed by atoms with Gasteiger partial charge in [0.25, 0.3) is 0 Å². The molecule has 0 aliphatic carbocycles. The van der Waals surface area contributed by atoms with E-state index in [1.165, 1.54) is 6.92 Å². The maximum Gasteiger partial charge on any atom is 0.346 e. The third-order valence-electron chi connectivity index (χ3n) is 1.49. The predicted molar refractivity (Wildman–Crippen MR) is 55.6 cm³/mol. The minimum absolute atomic E-state index is 0. The number of carboxylic acid groups (broad SMARTS) is 1. The fourth-order valence-corrected chi connectivity index (χ4v) is 1.58. The molecule has 1 aromatic heterocycles. The number of H-pyrrole nitrogens is 1. The first-order chi connectivity index (χ1) is 6.06. The predicted octanol–water partition coefficient (Wildman–Crippen LogP) is 0.920. The molecule has 1 aromatic rings. The molecule has 0 aromatic carbocycles. The van der Waals surface area contributed by atoms with Crippen LogP contribution in [-0.4, -0.2) is 27.3 Å². The average Bonchev–Trinajstić information content (AvgIpc) is 2.01. The zero-order chi connectivity index (χ0) is 10.0. The highest BCUT2D eigenvalue weighted by atomic mass is 35.5. The van der Waals surface area contributed by atoms with E-state index in [0.717, 1.165) is 11.8 Å². The molecule has 0 saturated carbocycles. The molecule has 0 aliphatic rings. The van der Waals surface area contributed by atoms with E-state index < -0.39 is 11.7 Å². The van der Waals surface area contributed by atoms with Gasteiger partial charge in [0.05, 0.1) is 0 Å². The van der Waals surface area contributed by atoms with Gasteiger partial charge in [0.2, 0.25) is 0 Å². The van der Waals surface area contributed by atoms with Gasteiger partial charge in [-0.2, -0.15) is 4.98 Å². The topological polar surface area (TPSA) is 83.0 Å². The lowest BCUT2D eigenvalue weighted by Crippen LogP contribution is -2.17. The number of halogens is 1. The fraction of sp³-hybridized carbons (Fsp3) is 0.286. The average molecular weight is 237 g/mol. The Kier molecular flexibility index (Phi) is 4.65. The van der Waals surface area contributed by atoms with Crippen molar-refractivity contribution in [2.75, 3.05) is 6.26 Å². The van der Waals surface area contributed by atoms with Crippen LogP contribution in [0, 0.1) is 6.92 Å². The highest BCUT2D eigenvalue weighted by molar-refractivity contribution is 7.98. The number of aryl methyl sites for hydroxylation is 1. The van der Waals surface area contributed by atoms with Crippen LogP contribution in [0.1, 0.15) is 16.1 Å². The number of hydrogen-bond donors (Lipinski definition) is 2. The minimum atomic E-state index is -1.08. The molecule has 0 amide bonds. The molecule has 78 valence electrons. The van der Waals surface area contributed by atoms with Crippen molar-refractivity contribution in [2.24, 2.45) is 0 Å². The van der Waals surface area contributed by atoms with Crippen molar-refractivity contribution in [1.82, 2.24) is 9.97 Å². The molecule has 14 heavy (non-hydrogen) atoms. The maximum atomic E-state index is 10.9. The van der Waals surface area contributed by atoms with E-state index in [-0.39, 0.29) is 23.0 Å². The molecular weight excluding hydrogens is 228 g/mol. The van der Waals surface area contributed by atoms with Gasteiger partial charge in [-0.3, -0.25) is 0 Å². The van der Waals surface area contributed by atoms with E-state index in [0.29, 0.717) is 5.69 Å². The molecule has 0 unspecified atom stereocenters. The molecule has 0 radical (unpaired) electrons. The van der Waals surface area contributed by atoms with E-state index in [2.05, 4.69) is 9.97 Å². The van der Waals surface area contributed by atoms with Crippen LogP contribution in [0.15, 0.2) is 9.82 Å². The van der Waals surface area contributed by atoms with Gasteiger partial charge in [-0.05, 0) is 13.2 Å². The second-order valence-corrected chi connectivity index (χ2v) is 3.15. The van der Waals surface area contributed by atoms with E-state index in [9.17, 15) is 9.59 Å². The van der Waals surface area contributed by atoms with Crippen LogP contribution in [-0.2, 0) is 0 Å². The van der Waals surface area contributed by atoms with Crippen LogP contribution in [0.2, 0.25) is 0 Å². The van der Waals surface area contributed by atoms with E-state index in [1.54, 1.807) is 6.26 Å². The third kappa shape index (κ3) is 2.49. The van der Waals surface area contributed by atoms with Crippen LogP contribution in [0.25, 0.3) is 0 Å². The molecule has 5 nitrogen and oxygen atoms in total. The first-order valence-electron chi connectivity index (χ1n) is 3.44. The summed E-state index contributed by atoms with van der Waals surface area (Å²) in [7, 11) is 0. The first kappa shape index (κ1) is 13.0. The van der Waals surface area contributed by atoms with Crippen molar-refractivity contribution in [3.63, 3.8) is 0 Å².